The third kappa shape index (κ3) is 5.44. The van der Waals surface area contributed by atoms with E-state index >= 15 is 0 Å². The normalized spacial score (nSPS) is 11.4. The molecule has 0 aromatic heterocycles. The number of ether oxygens (including phenoxy) is 1. The summed E-state index contributed by atoms with van der Waals surface area (Å²) in [6.45, 7) is 4.98. The van der Waals surface area contributed by atoms with E-state index in [9.17, 15) is 0 Å². The Morgan fingerprint density at radius 2 is 1.30 bits per heavy atom. The van der Waals surface area contributed by atoms with Crippen molar-refractivity contribution in [3.63, 3.8) is 0 Å². The molecule has 0 aliphatic carbocycles. The van der Waals surface area contributed by atoms with Crippen LogP contribution in [-0.4, -0.2) is 12.4 Å². The first-order valence-electron chi connectivity index (χ1n) is 11.0. The van der Waals surface area contributed by atoms with Gasteiger partial charge in [-0.05, 0) is 30.5 Å². The minimum atomic E-state index is -0.330. The molecule has 0 bridgehead atoms. The predicted molar refractivity (Wildman–Crippen MR) is 135 cm³/mol. The predicted octanol–water partition coefficient (Wildman–Crippen LogP) is 8.34. The van der Waals surface area contributed by atoms with Crippen molar-refractivity contribution in [3.8, 4) is 5.75 Å². The highest BCUT2D eigenvalue weighted by Gasteiger charge is 2.39. The maximum atomic E-state index is 6.12. The van der Waals surface area contributed by atoms with E-state index in [1.165, 1.54) is 42.4 Å². The fourth-order valence-corrected chi connectivity index (χ4v) is 7.01. The van der Waals surface area contributed by atoms with Crippen molar-refractivity contribution < 1.29 is 4.74 Å². The van der Waals surface area contributed by atoms with Gasteiger partial charge in [0.25, 0.3) is 0 Å². The molecule has 1 nitrogen and oxygen atoms in total. The van der Waals surface area contributed by atoms with Crippen molar-refractivity contribution >= 4 is 21.6 Å². The van der Waals surface area contributed by atoms with Crippen LogP contribution < -0.4 is 4.74 Å². The summed E-state index contributed by atoms with van der Waals surface area (Å²) in [5.74, 6) is 2.12. The average molecular weight is 437 g/mol. The van der Waals surface area contributed by atoms with Crippen LogP contribution in [0.1, 0.15) is 56.2 Å². The monoisotopic (exact) mass is 436 g/mol. The lowest BCUT2D eigenvalue weighted by Crippen LogP contribution is -2.25. The Kier molecular flexibility index (Phi) is 9.23. The van der Waals surface area contributed by atoms with Crippen LogP contribution in [0.4, 0.5) is 0 Å². The van der Waals surface area contributed by atoms with Gasteiger partial charge in [-0.3, -0.25) is 0 Å². The molecule has 3 aromatic rings. The van der Waals surface area contributed by atoms with E-state index < -0.39 is 0 Å². The highest BCUT2D eigenvalue weighted by Crippen LogP contribution is 2.55. The largest absolute Gasteiger partial charge is 0.494 e. The summed E-state index contributed by atoms with van der Waals surface area (Å²) in [4.78, 5) is 0. The van der Waals surface area contributed by atoms with Gasteiger partial charge in [-0.1, -0.05) is 127 Å². The summed E-state index contributed by atoms with van der Waals surface area (Å²) in [5.41, 5.74) is 3.79. The lowest BCUT2D eigenvalue weighted by atomic mass is 9.83. The Hall–Kier alpha value is -1.84. The van der Waals surface area contributed by atoms with E-state index in [1.54, 1.807) is 0 Å². The summed E-state index contributed by atoms with van der Waals surface area (Å²) in [7, 11) is 3.95. The van der Waals surface area contributed by atoms with Crippen molar-refractivity contribution in [2.24, 2.45) is 0 Å². The number of para-hydroxylation sites is 1. The van der Waals surface area contributed by atoms with Crippen LogP contribution in [-0.2, 0) is 4.75 Å². The van der Waals surface area contributed by atoms with Crippen LogP contribution in [0.5, 0.6) is 5.75 Å². The average Bonchev–Trinajstić information content (AvgIpc) is 2.81. The van der Waals surface area contributed by atoms with Gasteiger partial charge in [-0.25, -0.2) is 0 Å². The lowest BCUT2D eigenvalue weighted by Gasteiger charge is -2.35. The summed E-state index contributed by atoms with van der Waals surface area (Å²) < 4.78 is 5.79. The molecule has 0 heterocycles. The number of benzene rings is 3. The maximum Gasteiger partial charge on any atom is 0.124 e. The van der Waals surface area contributed by atoms with Gasteiger partial charge in [0.15, 0.2) is 0 Å². The minimum absolute atomic E-state index is 0.330. The number of rotatable bonds is 12. The van der Waals surface area contributed by atoms with Gasteiger partial charge in [0.1, 0.15) is 10.5 Å². The number of hydrogen-bond acceptors (Lipinski definition) is 3. The Morgan fingerprint density at radius 1 is 0.700 bits per heavy atom. The zero-order valence-electron chi connectivity index (χ0n) is 18.1. The molecule has 0 atom stereocenters. The molecule has 0 spiro atoms. The molecule has 30 heavy (non-hydrogen) atoms. The highest BCUT2D eigenvalue weighted by molar-refractivity contribution is 8.77. The molecule has 3 heteroatoms. The van der Waals surface area contributed by atoms with Crippen molar-refractivity contribution in [2.75, 3.05) is 12.4 Å². The van der Waals surface area contributed by atoms with E-state index in [0.29, 0.717) is 6.61 Å². The minimum Gasteiger partial charge on any atom is -0.494 e. The van der Waals surface area contributed by atoms with Gasteiger partial charge >= 0.3 is 0 Å². The van der Waals surface area contributed by atoms with E-state index in [4.69, 9.17) is 4.74 Å². The van der Waals surface area contributed by atoms with E-state index in [0.717, 1.165) is 11.5 Å². The van der Waals surface area contributed by atoms with Crippen LogP contribution in [0.15, 0.2) is 84.9 Å². The molecule has 0 unspecified atom stereocenters. The second kappa shape index (κ2) is 12.1. The van der Waals surface area contributed by atoms with Crippen molar-refractivity contribution in [3.05, 3.63) is 102 Å². The number of unbranched alkanes of at least 4 members (excludes halogenated alkanes) is 3. The van der Waals surface area contributed by atoms with Crippen LogP contribution in [0.3, 0.4) is 0 Å². The van der Waals surface area contributed by atoms with Crippen LogP contribution in [0, 0.1) is 0 Å². The molecular formula is C27H32OS2. The van der Waals surface area contributed by atoms with Crippen LogP contribution in [0.25, 0.3) is 0 Å². The van der Waals surface area contributed by atoms with E-state index in [2.05, 4.69) is 98.8 Å². The van der Waals surface area contributed by atoms with Crippen molar-refractivity contribution in [1.29, 1.82) is 0 Å². The summed E-state index contributed by atoms with van der Waals surface area (Å²) in [6.07, 6.45) is 5.17. The SMILES string of the molecule is CCCCCCSSC(c1ccccc1)(c1ccccc1)c1ccccc1OCC. The van der Waals surface area contributed by atoms with E-state index in [-0.39, 0.29) is 4.75 Å². The molecule has 0 aliphatic rings. The van der Waals surface area contributed by atoms with Crippen LogP contribution >= 0.6 is 21.6 Å². The summed E-state index contributed by atoms with van der Waals surface area (Å²) in [5, 5.41) is 0. The smallest absolute Gasteiger partial charge is 0.124 e. The first kappa shape index (κ1) is 22.8. The highest BCUT2D eigenvalue weighted by atomic mass is 33.1. The Morgan fingerprint density at radius 3 is 1.90 bits per heavy atom. The van der Waals surface area contributed by atoms with Gasteiger partial charge in [0.2, 0.25) is 0 Å². The van der Waals surface area contributed by atoms with Gasteiger partial charge < -0.3 is 4.74 Å². The standard InChI is InChI=1S/C27H32OS2/c1-3-5-6-15-22-29-30-27(23-16-9-7-10-17-23,24-18-11-8-12-19-24)25-20-13-14-21-26(25)28-4-2/h7-14,16-21H,3-6,15,22H2,1-2H3. The third-order valence-corrected chi connectivity index (χ3v) is 8.31. The second-order valence-corrected chi connectivity index (χ2v) is 9.94. The molecule has 0 aliphatic heterocycles. The zero-order chi connectivity index (χ0) is 21.1. The van der Waals surface area contributed by atoms with Gasteiger partial charge in [0, 0.05) is 11.3 Å². The summed E-state index contributed by atoms with van der Waals surface area (Å²) in [6, 6.07) is 30.3. The zero-order valence-corrected chi connectivity index (χ0v) is 19.7. The molecule has 158 valence electrons. The molecule has 0 saturated heterocycles. The fraction of sp³-hybridized carbons (Fsp3) is 0.333. The molecule has 0 fully saturated rings. The topological polar surface area (TPSA) is 9.23 Å². The van der Waals surface area contributed by atoms with Gasteiger partial charge in [-0.2, -0.15) is 0 Å². The Bertz CT molecular complexity index is 825. The molecule has 3 aromatic carbocycles. The Balaban J connectivity index is 2.08. The van der Waals surface area contributed by atoms with Gasteiger partial charge in [-0.15, -0.1) is 0 Å². The summed E-state index contributed by atoms with van der Waals surface area (Å²) >= 11 is 0. The molecule has 0 radical (unpaired) electrons. The molecule has 3 rings (SSSR count). The van der Waals surface area contributed by atoms with Crippen LogP contribution in [0.2, 0.25) is 0 Å². The Labute approximate surface area is 190 Å². The maximum absolute atomic E-state index is 6.12. The molecule has 0 N–H and O–H groups in total. The van der Waals surface area contributed by atoms with E-state index in [1.807, 2.05) is 21.6 Å². The van der Waals surface area contributed by atoms with Gasteiger partial charge in [0.05, 0.1) is 6.61 Å². The van der Waals surface area contributed by atoms with Crippen molar-refractivity contribution in [2.45, 2.75) is 44.3 Å². The molecule has 0 amide bonds. The van der Waals surface area contributed by atoms with Crippen molar-refractivity contribution in [1.82, 2.24) is 0 Å². The molecule has 0 saturated carbocycles. The third-order valence-electron chi connectivity index (χ3n) is 5.19. The molecular weight excluding hydrogens is 404 g/mol. The first-order valence-corrected chi connectivity index (χ1v) is 13.3. The fourth-order valence-electron chi connectivity index (χ4n) is 3.72. The second-order valence-electron chi connectivity index (χ2n) is 7.31. The first-order chi connectivity index (χ1) is 14.8. The lowest BCUT2D eigenvalue weighted by molar-refractivity contribution is 0.335. The number of hydrogen-bond donors (Lipinski definition) is 0. The quantitative estimate of drug-likeness (QED) is 0.160.